The minimum Gasteiger partial charge on any atom is -0.321 e. The van der Waals surface area contributed by atoms with E-state index in [1.165, 1.54) is 11.1 Å². The fraction of sp³-hybridized carbons (Fsp3) is 0.538. The van der Waals surface area contributed by atoms with Gasteiger partial charge in [0.15, 0.2) is 0 Å². The molecule has 0 aromatic heterocycles. The molecule has 1 aromatic rings. The molecule has 1 aromatic carbocycles. The minimum absolute atomic E-state index is 0.0583. The van der Waals surface area contributed by atoms with Crippen LogP contribution in [-0.4, -0.2) is 0 Å². The maximum atomic E-state index is 6.35. The monoisotopic (exact) mass is 189 g/mol. The van der Waals surface area contributed by atoms with E-state index in [1.54, 1.807) is 0 Å². The summed E-state index contributed by atoms with van der Waals surface area (Å²) in [6.45, 7) is 6.68. The molecule has 14 heavy (non-hydrogen) atoms. The predicted molar refractivity (Wildman–Crippen MR) is 60.1 cm³/mol. The maximum absolute atomic E-state index is 6.35. The van der Waals surface area contributed by atoms with Crippen molar-refractivity contribution in [2.24, 2.45) is 11.1 Å². The first-order chi connectivity index (χ1) is 6.41. The van der Waals surface area contributed by atoms with Gasteiger partial charge in [0.2, 0.25) is 0 Å². The van der Waals surface area contributed by atoms with E-state index in [1.807, 2.05) is 0 Å². The van der Waals surface area contributed by atoms with E-state index >= 15 is 0 Å². The zero-order valence-corrected chi connectivity index (χ0v) is 9.30. The highest BCUT2D eigenvalue weighted by Crippen LogP contribution is 2.51. The third-order valence-electron chi connectivity index (χ3n) is 3.21. The van der Waals surface area contributed by atoms with Crippen molar-refractivity contribution in [2.45, 2.75) is 39.2 Å². The molecule has 1 aliphatic carbocycles. The van der Waals surface area contributed by atoms with Gasteiger partial charge in [0.25, 0.3) is 0 Å². The second kappa shape index (κ2) is 2.83. The SMILES string of the molecule is Cc1ccc(C2(N)CC(C)(C)C2)cc1. The lowest BCUT2D eigenvalue weighted by molar-refractivity contribution is 0.0618. The summed E-state index contributed by atoms with van der Waals surface area (Å²) in [6, 6.07) is 8.64. The number of hydrogen-bond acceptors (Lipinski definition) is 1. The first-order valence-corrected chi connectivity index (χ1v) is 5.27. The van der Waals surface area contributed by atoms with E-state index in [0.717, 1.165) is 12.8 Å². The van der Waals surface area contributed by atoms with Gasteiger partial charge in [-0.05, 0) is 30.7 Å². The molecule has 0 amide bonds. The molecule has 1 fully saturated rings. The van der Waals surface area contributed by atoms with Crippen LogP contribution in [0.2, 0.25) is 0 Å². The normalized spacial score (nSPS) is 22.9. The molecular formula is C13H19N. The number of nitrogens with two attached hydrogens (primary N) is 1. The second-order valence-corrected chi connectivity index (χ2v) is 5.54. The molecule has 76 valence electrons. The molecule has 1 heteroatoms. The predicted octanol–water partition coefficient (Wildman–Crippen LogP) is 2.97. The van der Waals surface area contributed by atoms with Crippen LogP contribution in [0.4, 0.5) is 0 Å². The van der Waals surface area contributed by atoms with Gasteiger partial charge in [-0.1, -0.05) is 43.7 Å². The summed E-state index contributed by atoms with van der Waals surface area (Å²) >= 11 is 0. The Balaban J connectivity index is 2.21. The third kappa shape index (κ3) is 1.57. The smallest absolute Gasteiger partial charge is 0.0419 e. The summed E-state index contributed by atoms with van der Waals surface area (Å²) in [5.74, 6) is 0. The molecule has 0 unspecified atom stereocenters. The van der Waals surface area contributed by atoms with Gasteiger partial charge >= 0.3 is 0 Å². The Bertz CT molecular complexity index is 327. The molecule has 0 atom stereocenters. The summed E-state index contributed by atoms with van der Waals surface area (Å²) in [5, 5.41) is 0. The fourth-order valence-corrected chi connectivity index (χ4v) is 2.75. The van der Waals surface area contributed by atoms with Crippen molar-refractivity contribution in [1.82, 2.24) is 0 Å². The van der Waals surface area contributed by atoms with E-state index in [9.17, 15) is 0 Å². The quantitative estimate of drug-likeness (QED) is 0.722. The highest BCUT2D eigenvalue weighted by Gasteiger charge is 2.47. The van der Waals surface area contributed by atoms with Gasteiger partial charge in [0, 0.05) is 5.54 Å². The van der Waals surface area contributed by atoms with Gasteiger partial charge in [-0.3, -0.25) is 0 Å². The van der Waals surface area contributed by atoms with Crippen LogP contribution in [0.5, 0.6) is 0 Å². The molecule has 0 bridgehead atoms. The largest absolute Gasteiger partial charge is 0.321 e. The van der Waals surface area contributed by atoms with Gasteiger partial charge in [-0.2, -0.15) is 0 Å². The number of aryl methyl sites for hydroxylation is 1. The summed E-state index contributed by atoms with van der Waals surface area (Å²) in [6.07, 6.45) is 2.20. The Morgan fingerprint density at radius 3 is 2.00 bits per heavy atom. The molecule has 0 spiro atoms. The molecule has 2 rings (SSSR count). The minimum atomic E-state index is -0.0583. The number of benzene rings is 1. The topological polar surface area (TPSA) is 26.0 Å². The van der Waals surface area contributed by atoms with E-state index in [2.05, 4.69) is 45.0 Å². The molecule has 1 aliphatic rings. The van der Waals surface area contributed by atoms with E-state index in [0.29, 0.717) is 5.41 Å². The van der Waals surface area contributed by atoms with Gasteiger partial charge in [0.1, 0.15) is 0 Å². The van der Waals surface area contributed by atoms with Gasteiger partial charge in [0.05, 0.1) is 0 Å². The molecule has 2 N–H and O–H groups in total. The van der Waals surface area contributed by atoms with Gasteiger partial charge in [-0.25, -0.2) is 0 Å². The van der Waals surface area contributed by atoms with Crippen molar-refractivity contribution in [1.29, 1.82) is 0 Å². The summed E-state index contributed by atoms with van der Waals surface area (Å²) < 4.78 is 0. The summed E-state index contributed by atoms with van der Waals surface area (Å²) in [5.41, 5.74) is 9.32. The standard InChI is InChI=1S/C13H19N/c1-10-4-6-11(7-5-10)13(14)8-12(2,3)9-13/h4-7H,8-9,14H2,1-3H3. The van der Waals surface area contributed by atoms with Crippen LogP contribution in [0.15, 0.2) is 24.3 Å². The van der Waals surface area contributed by atoms with Crippen LogP contribution in [0.3, 0.4) is 0 Å². The number of hydrogen-bond donors (Lipinski definition) is 1. The molecule has 0 radical (unpaired) electrons. The second-order valence-electron chi connectivity index (χ2n) is 5.54. The van der Waals surface area contributed by atoms with Gasteiger partial charge in [-0.15, -0.1) is 0 Å². The Kier molecular flexibility index (Phi) is 1.97. The van der Waals surface area contributed by atoms with Crippen LogP contribution in [-0.2, 0) is 5.54 Å². The Morgan fingerprint density at radius 2 is 1.57 bits per heavy atom. The van der Waals surface area contributed by atoms with E-state index < -0.39 is 0 Å². The Labute approximate surface area is 86.3 Å². The molecule has 0 heterocycles. The van der Waals surface area contributed by atoms with Gasteiger partial charge < -0.3 is 5.73 Å². The van der Waals surface area contributed by atoms with Crippen molar-refractivity contribution < 1.29 is 0 Å². The average molecular weight is 189 g/mol. The lowest BCUT2D eigenvalue weighted by Crippen LogP contribution is -2.53. The molecule has 0 aliphatic heterocycles. The Morgan fingerprint density at radius 1 is 1.07 bits per heavy atom. The average Bonchev–Trinajstić information content (AvgIpc) is 2.01. The third-order valence-corrected chi connectivity index (χ3v) is 3.21. The molecular weight excluding hydrogens is 170 g/mol. The number of rotatable bonds is 1. The zero-order valence-electron chi connectivity index (χ0n) is 9.30. The zero-order chi connectivity index (χ0) is 10.4. The highest BCUT2D eigenvalue weighted by molar-refractivity contribution is 5.31. The van der Waals surface area contributed by atoms with Crippen molar-refractivity contribution in [3.05, 3.63) is 35.4 Å². The first-order valence-electron chi connectivity index (χ1n) is 5.27. The van der Waals surface area contributed by atoms with Crippen molar-refractivity contribution in [3.63, 3.8) is 0 Å². The summed E-state index contributed by atoms with van der Waals surface area (Å²) in [7, 11) is 0. The van der Waals surface area contributed by atoms with Crippen LogP contribution in [0.25, 0.3) is 0 Å². The lowest BCUT2D eigenvalue weighted by Gasteiger charge is -2.51. The van der Waals surface area contributed by atoms with Crippen molar-refractivity contribution >= 4 is 0 Å². The first kappa shape index (κ1) is 9.72. The van der Waals surface area contributed by atoms with Crippen LogP contribution in [0, 0.1) is 12.3 Å². The van der Waals surface area contributed by atoms with Crippen LogP contribution in [0.1, 0.15) is 37.8 Å². The maximum Gasteiger partial charge on any atom is 0.0419 e. The van der Waals surface area contributed by atoms with Crippen LogP contribution >= 0.6 is 0 Å². The molecule has 1 saturated carbocycles. The van der Waals surface area contributed by atoms with E-state index in [4.69, 9.17) is 5.73 Å². The molecule has 0 saturated heterocycles. The van der Waals surface area contributed by atoms with Crippen molar-refractivity contribution in [2.75, 3.05) is 0 Å². The fourth-order valence-electron chi connectivity index (χ4n) is 2.75. The molecule has 1 nitrogen and oxygen atoms in total. The summed E-state index contributed by atoms with van der Waals surface area (Å²) in [4.78, 5) is 0. The van der Waals surface area contributed by atoms with Crippen LogP contribution < -0.4 is 5.73 Å². The van der Waals surface area contributed by atoms with E-state index in [-0.39, 0.29) is 5.54 Å². The Hall–Kier alpha value is -0.820. The lowest BCUT2D eigenvalue weighted by atomic mass is 9.57. The highest BCUT2D eigenvalue weighted by atomic mass is 14.8. The van der Waals surface area contributed by atoms with Crippen molar-refractivity contribution in [3.8, 4) is 0 Å².